The molecule has 0 saturated heterocycles. The Bertz CT molecular complexity index is 582. The molecule has 2 nitrogen and oxygen atoms in total. The Labute approximate surface area is 126 Å². The monoisotopic (exact) mass is 290 g/mol. The molecule has 3 rings (SSSR count). The van der Waals surface area contributed by atoms with E-state index in [0.717, 1.165) is 23.8 Å². The van der Waals surface area contributed by atoms with Crippen LogP contribution >= 0.6 is 11.6 Å². The average Bonchev–Trinajstić information content (AvgIpc) is 2.83. The lowest BCUT2D eigenvalue weighted by molar-refractivity contribution is 0.324. The zero-order valence-electron chi connectivity index (χ0n) is 12.2. The second kappa shape index (κ2) is 6.17. The quantitative estimate of drug-likeness (QED) is 0.720. The second-order valence-corrected chi connectivity index (χ2v) is 6.37. The molecule has 1 aliphatic rings. The van der Waals surface area contributed by atoms with Crippen molar-refractivity contribution in [2.45, 2.75) is 57.9 Å². The zero-order chi connectivity index (χ0) is 13.9. The summed E-state index contributed by atoms with van der Waals surface area (Å²) in [5.41, 5.74) is 3.59. The first-order valence-corrected chi connectivity index (χ1v) is 8.33. The number of imidazole rings is 1. The normalized spacial score (nSPS) is 16.9. The maximum Gasteiger partial charge on any atom is 0.124 e. The van der Waals surface area contributed by atoms with Crippen molar-refractivity contribution in [3.05, 3.63) is 29.6 Å². The third kappa shape index (κ3) is 2.85. The fourth-order valence-corrected chi connectivity index (χ4v) is 3.63. The van der Waals surface area contributed by atoms with Crippen LogP contribution in [-0.2, 0) is 12.4 Å². The lowest BCUT2D eigenvalue weighted by atomic mass is 9.87. The first kappa shape index (κ1) is 13.9. The molecule has 0 aliphatic heterocycles. The maximum atomic E-state index is 6.08. The van der Waals surface area contributed by atoms with Crippen LogP contribution in [0.5, 0.6) is 0 Å². The van der Waals surface area contributed by atoms with Crippen LogP contribution in [-0.4, -0.2) is 9.55 Å². The topological polar surface area (TPSA) is 17.8 Å². The van der Waals surface area contributed by atoms with Crippen LogP contribution in [0.15, 0.2) is 18.2 Å². The van der Waals surface area contributed by atoms with E-state index in [0.29, 0.717) is 5.88 Å². The molecule has 0 radical (unpaired) electrons. The summed E-state index contributed by atoms with van der Waals surface area (Å²) in [5.74, 6) is 2.41. The van der Waals surface area contributed by atoms with E-state index in [2.05, 4.69) is 34.7 Å². The predicted octanol–water partition coefficient (Wildman–Crippen LogP) is 5.05. The Kier molecular flexibility index (Phi) is 4.30. The van der Waals surface area contributed by atoms with Crippen LogP contribution in [0.3, 0.4) is 0 Å². The van der Waals surface area contributed by atoms with Gasteiger partial charge in [-0.05, 0) is 37.0 Å². The molecule has 0 amide bonds. The molecule has 0 unspecified atom stereocenters. The summed E-state index contributed by atoms with van der Waals surface area (Å²) in [6, 6.07) is 6.51. The van der Waals surface area contributed by atoms with Gasteiger partial charge in [0.05, 0.1) is 16.9 Å². The van der Waals surface area contributed by atoms with E-state index >= 15 is 0 Å². The Morgan fingerprint density at radius 1 is 1.25 bits per heavy atom. The molecule has 0 atom stereocenters. The van der Waals surface area contributed by atoms with E-state index in [4.69, 9.17) is 11.6 Å². The minimum atomic E-state index is 0.498. The van der Waals surface area contributed by atoms with Crippen molar-refractivity contribution in [1.29, 1.82) is 0 Å². The molecular weight excluding hydrogens is 268 g/mol. The molecular formula is C17H23ClN2. The number of rotatable bonds is 4. The summed E-state index contributed by atoms with van der Waals surface area (Å²) in [4.78, 5) is 4.69. The Balaban J connectivity index is 1.81. The van der Waals surface area contributed by atoms with Crippen LogP contribution < -0.4 is 0 Å². The van der Waals surface area contributed by atoms with E-state index < -0.39 is 0 Å². The molecule has 0 N–H and O–H groups in total. The van der Waals surface area contributed by atoms with Crippen molar-refractivity contribution in [1.82, 2.24) is 9.55 Å². The van der Waals surface area contributed by atoms with Crippen LogP contribution in [0.4, 0.5) is 0 Å². The van der Waals surface area contributed by atoms with Crippen molar-refractivity contribution in [2.75, 3.05) is 0 Å². The SMILES string of the molecule is Cc1ccc2c(c1)nc(CCl)n2CCC1CCCCC1. The smallest absolute Gasteiger partial charge is 0.124 e. The van der Waals surface area contributed by atoms with Gasteiger partial charge in [0.25, 0.3) is 0 Å². The minimum Gasteiger partial charge on any atom is -0.327 e. The van der Waals surface area contributed by atoms with Gasteiger partial charge < -0.3 is 4.57 Å². The summed E-state index contributed by atoms with van der Waals surface area (Å²) >= 11 is 6.08. The van der Waals surface area contributed by atoms with Crippen molar-refractivity contribution in [3.8, 4) is 0 Å². The predicted molar refractivity (Wildman–Crippen MR) is 85.2 cm³/mol. The fraction of sp³-hybridized carbons (Fsp3) is 0.588. The molecule has 1 heterocycles. The third-order valence-electron chi connectivity index (χ3n) is 4.59. The standard InChI is InChI=1S/C17H23ClN2/c1-13-7-8-16-15(11-13)19-17(12-18)20(16)10-9-14-5-3-2-4-6-14/h7-8,11,14H,2-6,9-10,12H2,1H3. The lowest BCUT2D eigenvalue weighted by Gasteiger charge is -2.22. The Hall–Kier alpha value is -1.02. The average molecular weight is 291 g/mol. The molecule has 0 spiro atoms. The summed E-state index contributed by atoms with van der Waals surface area (Å²) < 4.78 is 2.33. The highest BCUT2D eigenvalue weighted by Gasteiger charge is 2.15. The summed E-state index contributed by atoms with van der Waals surface area (Å²) in [5, 5.41) is 0. The number of fused-ring (bicyclic) bond motifs is 1. The zero-order valence-corrected chi connectivity index (χ0v) is 13.0. The van der Waals surface area contributed by atoms with Crippen LogP contribution in [0.2, 0.25) is 0 Å². The lowest BCUT2D eigenvalue weighted by Crippen LogP contribution is -2.11. The van der Waals surface area contributed by atoms with E-state index in [1.807, 2.05) is 0 Å². The number of aromatic nitrogens is 2. The summed E-state index contributed by atoms with van der Waals surface area (Å²) in [6.45, 7) is 3.17. The molecule has 108 valence electrons. The molecule has 3 heteroatoms. The largest absolute Gasteiger partial charge is 0.327 e. The van der Waals surface area contributed by atoms with Crippen LogP contribution in [0, 0.1) is 12.8 Å². The number of benzene rings is 1. The van der Waals surface area contributed by atoms with Crippen LogP contribution in [0.1, 0.15) is 49.9 Å². The van der Waals surface area contributed by atoms with E-state index in [1.165, 1.54) is 49.6 Å². The number of aryl methyl sites for hydroxylation is 2. The van der Waals surface area contributed by atoms with E-state index in [1.54, 1.807) is 0 Å². The van der Waals surface area contributed by atoms with Crippen molar-refractivity contribution in [2.24, 2.45) is 5.92 Å². The molecule has 20 heavy (non-hydrogen) atoms. The molecule has 1 fully saturated rings. The first-order valence-electron chi connectivity index (χ1n) is 7.79. The summed E-state index contributed by atoms with van der Waals surface area (Å²) in [7, 11) is 0. The van der Waals surface area contributed by atoms with Crippen molar-refractivity contribution in [3.63, 3.8) is 0 Å². The second-order valence-electron chi connectivity index (χ2n) is 6.10. The molecule has 1 aromatic carbocycles. The van der Waals surface area contributed by atoms with Gasteiger partial charge in [0.2, 0.25) is 0 Å². The van der Waals surface area contributed by atoms with Gasteiger partial charge in [-0.25, -0.2) is 4.98 Å². The molecule has 2 aromatic rings. The molecule has 1 saturated carbocycles. The number of halogens is 1. The van der Waals surface area contributed by atoms with Gasteiger partial charge in [0.15, 0.2) is 0 Å². The Morgan fingerprint density at radius 3 is 2.80 bits per heavy atom. The van der Waals surface area contributed by atoms with Gasteiger partial charge in [0, 0.05) is 6.54 Å². The van der Waals surface area contributed by atoms with E-state index in [9.17, 15) is 0 Å². The maximum absolute atomic E-state index is 6.08. The van der Waals surface area contributed by atoms with Gasteiger partial charge in [-0.15, -0.1) is 11.6 Å². The number of alkyl halides is 1. The van der Waals surface area contributed by atoms with Gasteiger partial charge in [-0.1, -0.05) is 38.2 Å². The Morgan fingerprint density at radius 2 is 2.05 bits per heavy atom. The highest BCUT2D eigenvalue weighted by Crippen LogP contribution is 2.28. The highest BCUT2D eigenvalue weighted by atomic mass is 35.5. The van der Waals surface area contributed by atoms with Crippen LogP contribution in [0.25, 0.3) is 11.0 Å². The van der Waals surface area contributed by atoms with Gasteiger partial charge in [-0.2, -0.15) is 0 Å². The van der Waals surface area contributed by atoms with Gasteiger partial charge in [-0.3, -0.25) is 0 Å². The molecule has 1 aromatic heterocycles. The summed E-state index contributed by atoms with van der Waals surface area (Å²) in [6.07, 6.45) is 8.33. The fourth-order valence-electron chi connectivity index (χ4n) is 3.43. The van der Waals surface area contributed by atoms with Crippen molar-refractivity contribution < 1.29 is 0 Å². The molecule has 0 bridgehead atoms. The van der Waals surface area contributed by atoms with Gasteiger partial charge in [0.1, 0.15) is 5.82 Å². The van der Waals surface area contributed by atoms with Gasteiger partial charge >= 0.3 is 0 Å². The number of hydrogen-bond acceptors (Lipinski definition) is 1. The van der Waals surface area contributed by atoms with E-state index in [-0.39, 0.29) is 0 Å². The minimum absolute atomic E-state index is 0.498. The highest BCUT2D eigenvalue weighted by molar-refractivity contribution is 6.16. The number of hydrogen-bond donors (Lipinski definition) is 0. The van der Waals surface area contributed by atoms with Crippen molar-refractivity contribution >= 4 is 22.6 Å². The molecule has 1 aliphatic carbocycles. The number of nitrogens with zero attached hydrogens (tertiary/aromatic N) is 2. The first-order chi connectivity index (χ1) is 9.78. The third-order valence-corrected chi connectivity index (χ3v) is 4.83.